The van der Waals surface area contributed by atoms with E-state index in [0.29, 0.717) is 6.54 Å². The summed E-state index contributed by atoms with van der Waals surface area (Å²) < 4.78 is 0. The molecule has 0 amide bonds. The summed E-state index contributed by atoms with van der Waals surface area (Å²) in [5.74, 6) is 0.929. The maximum atomic E-state index is 5.64. The van der Waals surface area contributed by atoms with Crippen LogP contribution >= 0.6 is 0 Å². The van der Waals surface area contributed by atoms with E-state index in [2.05, 4.69) is 28.9 Å². The van der Waals surface area contributed by atoms with Crippen LogP contribution in [0.15, 0.2) is 18.2 Å². The Morgan fingerprint density at radius 1 is 1.28 bits per heavy atom. The molecule has 100 valence electrons. The van der Waals surface area contributed by atoms with Gasteiger partial charge in [0.15, 0.2) is 0 Å². The molecule has 3 nitrogen and oxygen atoms in total. The summed E-state index contributed by atoms with van der Waals surface area (Å²) in [5, 5.41) is 0. The van der Waals surface area contributed by atoms with Crippen LogP contribution in [0.1, 0.15) is 44.0 Å². The molecule has 0 bridgehead atoms. The van der Waals surface area contributed by atoms with Gasteiger partial charge in [-0.15, -0.1) is 0 Å². The fraction of sp³-hybridized carbons (Fsp3) is 0.667. The minimum atomic E-state index is 0.533. The fourth-order valence-electron chi connectivity index (χ4n) is 2.75. The smallest absolute Gasteiger partial charge is 0.0547 e. The molecule has 18 heavy (non-hydrogen) atoms. The molecule has 2 N–H and O–H groups in total. The average molecular weight is 247 g/mol. The number of rotatable bonds is 4. The van der Waals surface area contributed by atoms with Gasteiger partial charge in [-0.2, -0.15) is 0 Å². The molecule has 1 atom stereocenters. The third-order valence-corrected chi connectivity index (χ3v) is 3.98. The first-order valence-corrected chi connectivity index (χ1v) is 7.19. The molecule has 1 aromatic rings. The van der Waals surface area contributed by atoms with E-state index < -0.39 is 0 Å². The zero-order valence-electron chi connectivity index (χ0n) is 11.4. The lowest BCUT2D eigenvalue weighted by atomic mass is 9.98. The highest BCUT2D eigenvalue weighted by Crippen LogP contribution is 2.21. The number of aromatic nitrogens is 1. The lowest BCUT2D eigenvalue weighted by molar-refractivity contribution is 0.268. The standard InChI is InChI=1S/C15H25N3/c1-2-13-5-4-9-18(10-8-13)12-15-7-3-6-14(11-16)17-15/h3,6-7,13H,2,4-5,8-12,16H2,1H3. The van der Waals surface area contributed by atoms with E-state index in [1.165, 1.54) is 38.8 Å². The second-order valence-electron chi connectivity index (χ2n) is 5.31. The Bertz CT molecular complexity index is 365. The Morgan fingerprint density at radius 3 is 2.89 bits per heavy atom. The van der Waals surface area contributed by atoms with Crippen molar-refractivity contribution in [2.24, 2.45) is 11.7 Å². The van der Waals surface area contributed by atoms with Gasteiger partial charge in [-0.1, -0.05) is 19.4 Å². The van der Waals surface area contributed by atoms with E-state index in [1.54, 1.807) is 0 Å². The molecule has 2 rings (SSSR count). The largest absolute Gasteiger partial charge is 0.325 e. The summed E-state index contributed by atoms with van der Waals surface area (Å²) in [6.45, 7) is 6.25. The van der Waals surface area contributed by atoms with Gasteiger partial charge in [0.2, 0.25) is 0 Å². The zero-order valence-corrected chi connectivity index (χ0v) is 11.4. The first kappa shape index (κ1) is 13.5. The quantitative estimate of drug-likeness (QED) is 0.889. The Hall–Kier alpha value is -0.930. The molecule has 0 aromatic carbocycles. The predicted molar refractivity (Wildman–Crippen MR) is 75.0 cm³/mol. The fourth-order valence-corrected chi connectivity index (χ4v) is 2.75. The predicted octanol–water partition coefficient (Wildman–Crippen LogP) is 2.55. The molecule has 1 aliphatic rings. The number of likely N-dealkylation sites (tertiary alicyclic amines) is 1. The Morgan fingerprint density at radius 2 is 2.11 bits per heavy atom. The van der Waals surface area contributed by atoms with Crippen molar-refractivity contribution in [3.05, 3.63) is 29.6 Å². The number of hydrogen-bond acceptors (Lipinski definition) is 3. The lowest BCUT2D eigenvalue weighted by Crippen LogP contribution is -2.25. The van der Waals surface area contributed by atoms with Crippen LogP contribution in [0.5, 0.6) is 0 Å². The van der Waals surface area contributed by atoms with Crippen molar-refractivity contribution in [3.8, 4) is 0 Å². The highest BCUT2D eigenvalue weighted by molar-refractivity contribution is 5.11. The van der Waals surface area contributed by atoms with Crippen LogP contribution in [0.4, 0.5) is 0 Å². The third kappa shape index (κ3) is 3.79. The first-order chi connectivity index (χ1) is 8.81. The molecule has 1 aliphatic heterocycles. The number of pyridine rings is 1. The summed E-state index contributed by atoms with van der Waals surface area (Å²) in [4.78, 5) is 7.13. The first-order valence-electron chi connectivity index (χ1n) is 7.19. The molecule has 1 saturated heterocycles. The SMILES string of the molecule is CCC1CCCN(Cc2cccc(CN)n2)CC1. The highest BCUT2D eigenvalue weighted by atomic mass is 15.1. The summed E-state index contributed by atoms with van der Waals surface area (Å²) >= 11 is 0. The maximum Gasteiger partial charge on any atom is 0.0547 e. The van der Waals surface area contributed by atoms with E-state index in [4.69, 9.17) is 5.73 Å². The van der Waals surface area contributed by atoms with E-state index in [0.717, 1.165) is 23.9 Å². The average Bonchev–Trinajstić information content (AvgIpc) is 2.64. The van der Waals surface area contributed by atoms with Gasteiger partial charge >= 0.3 is 0 Å². The number of nitrogens with zero attached hydrogens (tertiary/aromatic N) is 2. The van der Waals surface area contributed by atoms with Crippen LogP contribution in [0, 0.1) is 5.92 Å². The van der Waals surface area contributed by atoms with E-state index in [-0.39, 0.29) is 0 Å². The monoisotopic (exact) mass is 247 g/mol. The summed E-state index contributed by atoms with van der Waals surface area (Å²) in [6.07, 6.45) is 5.39. The van der Waals surface area contributed by atoms with Gasteiger partial charge in [0.05, 0.1) is 11.4 Å². The van der Waals surface area contributed by atoms with Crippen molar-refractivity contribution in [3.63, 3.8) is 0 Å². The van der Waals surface area contributed by atoms with Gasteiger partial charge in [-0.3, -0.25) is 9.88 Å². The normalized spacial score (nSPS) is 21.8. The molecule has 1 fully saturated rings. The van der Waals surface area contributed by atoms with Gasteiger partial charge in [0.1, 0.15) is 0 Å². The van der Waals surface area contributed by atoms with Gasteiger partial charge < -0.3 is 5.73 Å². The topological polar surface area (TPSA) is 42.1 Å². The highest BCUT2D eigenvalue weighted by Gasteiger charge is 2.16. The second-order valence-corrected chi connectivity index (χ2v) is 5.31. The van der Waals surface area contributed by atoms with Gasteiger partial charge in [-0.05, 0) is 50.4 Å². The Balaban J connectivity index is 1.92. The summed E-state index contributed by atoms with van der Waals surface area (Å²) in [7, 11) is 0. The van der Waals surface area contributed by atoms with Crippen molar-refractivity contribution in [2.75, 3.05) is 13.1 Å². The van der Waals surface area contributed by atoms with Crippen molar-refractivity contribution in [2.45, 2.75) is 45.7 Å². The van der Waals surface area contributed by atoms with Gasteiger partial charge in [-0.25, -0.2) is 0 Å². The Labute approximate surface area is 110 Å². The van der Waals surface area contributed by atoms with Crippen LogP contribution < -0.4 is 5.73 Å². The molecule has 0 spiro atoms. The number of nitrogens with two attached hydrogens (primary N) is 1. The van der Waals surface area contributed by atoms with E-state index in [1.807, 2.05) is 6.07 Å². The van der Waals surface area contributed by atoms with Crippen molar-refractivity contribution in [1.82, 2.24) is 9.88 Å². The Kier molecular flexibility index (Phi) is 5.14. The van der Waals surface area contributed by atoms with Gasteiger partial charge in [0.25, 0.3) is 0 Å². The van der Waals surface area contributed by atoms with Crippen molar-refractivity contribution < 1.29 is 0 Å². The molecule has 0 aliphatic carbocycles. The summed E-state index contributed by atoms with van der Waals surface area (Å²) in [5.41, 5.74) is 7.79. The molecule has 3 heteroatoms. The number of hydrogen-bond donors (Lipinski definition) is 1. The van der Waals surface area contributed by atoms with Crippen LogP contribution in [-0.2, 0) is 13.1 Å². The summed E-state index contributed by atoms with van der Waals surface area (Å²) in [6, 6.07) is 6.18. The second kappa shape index (κ2) is 6.86. The lowest BCUT2D eigenvalue weighted by Gasteiger charge is -2.19. The van der Waals surface area contributed by atoms with Crippen LogP contribution in [-0.4, -0.2) is 23.0 Å². The maximum absolute atomic E-state index is 5.64. The van der Waals surface area contributed by atoms with Gasteiger partial charge in [0, 0.05) is 13.1 Å². The molecule has 0 radical (unpaired) electrons. The van der Waals surface area contributed by atoms with E-state index >= 15 is 0 Å². The van der Waals surface area contributed by atoms with Crippen molar-refractivity contribution in [1.29, 1.82) is 0 Å². The van der Waals surface area contributed by atoms with Crippen LogP contribution in [0.3, 0.4) is 0 Å². The van der Waals surface area contributed by atoms with Crippen LogP contribution in [0.2, 0.25) is 0 Å². The molecule has 0 saturated carbocycles. The van der Waals surface area contributed by atoms with Crippen molar-refractivity contribution >= 4 is 0 Å². The molecular weight excluding hydrogens is 222 g/mol. The third-order valence-electron chi connectivity index (χ3n) is 3.98. The molecule has 2 heterocycles. The zero-order chi connectivity index (χ0) is 12.8. The minimum absolute atomic E-state index is 0.533. The van der Waals surface area contributed by atoms with E-state index in [9.17, 15) is 0 Å². The van der Waals surface area contributed by atoms with Crippen LogP contribution in [0.25, 0.3) is 0 Å². The molecule has 1 unspecified atom stereocenters. The minimum Gasteiger partial charge on any atom is -0.325 e. The molecular formula is C15H25N3. The molecule has 1 aromatic heterocycles.